The van der Waals surface area contributed by atoms with Gasteiger partial charge in [0.15, 0.2) is 0 Å². The Morgan fingerprint density at radius 1 is 1.58 bits per heavy atom. The van der Waals surface area contributed by atoms with Crippen LogP contribution in [0.5, 0.6) is 0 Å². The molecule has 4 nitrogen and oxygen atoms in total. The van der Waals surface area contributed by atoms with Crippen LogP contribution in [0, 0.1) is 10.1 Å². The lowest BCUT2D eigenvalue weighted by Gasteiger charge is -2.14. The van der Waals surface area contributed by atoms with Crippen molar-refractivity contribution in [1.29, 1.82) is 0 Å². The van der Waals surface area contributed by atoms with Gasteiger partial charge in [-0.3, -0.25) is 10.1 Å². The molecule has 1 aromatic rings. The first-order valence-corrected chi connectivity index (χ1v) is 6.69. The van der Waals surface area contributed by atoms with Crippen LogP contribution in [-0.2, 0) is 0 Å². The van der Waals surface area contributed by atoms with Gasteiger partial charge in [0.1, 0.15) is 0 Å². The lowest BCUT2D eigenvalue weighted by molar-refractivity contribution is -0.385. The molecule has 0 radical (unpaired) electrons. The molecule has 0 amide bonds. The number of halogens is 1. The van der Waals surface area contributed by atoms with Crippen LogP contribution in [0.15, 0.2) is 23.8 Å². The molecule has 0 heterocycles. The van der Waals surface area contributed by atoms with Crippen LogP contribution in [0.25, 0.3) is 6.08 Å². The molecule has 1 N–H and O–H groups in total. The fourth-order valence-electron chi connectivity index (χ4n) is 1.70. The monoisotopic (exact) mass is 282 g/mol. The van der Waals surface area contributed by atoms with Crippen LogP contribution in [0.2, 0.25) is 5.02 Å². The molecular formula is C14H19ClN2O2. The van der Waals surface area contributed by atoms with Gasteiger partial charge in [0.05, 0.1) is 10.5 Å². The second-order valence-electron chi connectivity index (χ2n) is 4.52. The van der Waals surface area contributed by atoms with Crippen LogP contribution in [0.4, 0.5) is 5.69 Å². The molecular weight excluding hydrogens is 264 g/mol. The van der Waals surface area contributed by atoms with Crippen molar-refractivity contribution in [3.63, 3.8) is 0 Å². The molecule has 0 saturated carbocycles. The van der Waals surface area contributed by atoms with E-state index in [-0.39, 0.29) is 16.7 Å². The number of hydrogen-bond donors (Lipinski definition) is 1. The quantitative estimate of drug-likeness (QED) is 0.633. The van der Waals surface area contributed by atoms with Gasteiger partial charge in [-0.2, -0.15) is 0 Å². The summed E-state index contributed by atoms with van der Waals surface area (Å²) in [4.78, 5) is 10.6. The Morgan fingerprint density at radius 2 is 2.26 bits per heavy atom. The molecule has 104 valence electrons. The minimum Gasteiger partial charge on any atom is -0.311 e. The molecule has 19 heavy (non-hydrogen) atoms. The van der Waals surface area contributed by atoms with Gasteiger partial charge in [-0.1, -0.05) is 24.1 Å². The maximum absolute atomic E-state index is 11.0. The van der Waals surface area contributed by atoms with Crippen LogP contribution in [0.1, 0.15) is 32.8 Å². The first-order chi connectivity index (χ1) is 8.95. The fraction of sp³-hybridized carbons (Fsp3) is 0.429. The molecule has 1 rings (SSSR count). The topological polar surface area (TPSA) is 55.2 Å². The number of nitro groups is 1. The molecule has 5 heteroatoms. The first-order valence-electron chi connectivity index (χ1n) is 6.31. The van der Waals surface area contributed by atoms with Crippen molar-refractivity contribution in [2.45, 2.75) is 33.2 Å². The highest BCUT2D eigenvalue weighted by atomic mass is 35.5. The first kappa shape index (κ1) is 15.7. The average Bonchev–Trinajstić information content (AvgIpc) is 2.35. The number of hydrogen-bond acceptors (Lipinski definition) is 3. The summed E-state index contributed by atoms with van der Waals surface area (Å²) < 4.78 is 0. The van der Waals surface area contributed by atoms with E-state index in [2.05, 4.69) is 12.2 Å². The Bertz CT molecular complexity index is 486. The van der Waals surface area contributed by atoms with Crippen molar-refractivity contribution >= 4 is 23.4 Å². The van der Waals surface area contributed by atoms with E-state index in [1.165, 1.54) is 12.1 Å². The van der Waals surface area contributed by atoms with E-state index >= 15 is 0 Å². The van der Waals surface area contributed by atoms with Crippen molar-refractivity contribution in [2.24, 2.45) is 0 Å². The van der Waals surface area contributed by atoms with E-state index in [4.69, 9.17) is 11.6 Å². The smallest absolute Gasteiger partial charge is 0.276 e. The van der Waals surface area contributed by atoms with Crippen LogP contribution in [0.3, 0.4) is 0 Å². The number of rotatable bonds is 6. The summed E-state index contributed by atoms with van der Waals surface area (Å²) in [6.07, 6.45) is 2.87. The molecule has 0 aliphatic carbocycles. The fourth-order valence-corrected chi connectivity index (χ4v) is 1.88. The van der Waals surface area contributed by atoms with E-state index < -0.39 is 0 Å². The summed E-state index contributed by atoms with van der Waals surface area (Å²) in [6, 6.07) is 4.77. The third-order valence-electron chi connectivity index (χ3n) is 2.95. The standard InChI is InChI=1S/C14H19ClN2O2/c1-4-7-16-11(3)10(2)8-12-9-13(15)5-6-14(12)17(18)19/h5-6,8-9,11,16H,4,7H2,1-3H3/b10-8+. The lowest BCUT2D eigenvalue weighted by atomic mass is 10.1. The highest BCUT2D eigenvalue weighted by molar-refractivity contribution is 6.30. The van der Waals surface area contributed by atoms with Crippen molar-refractivity contribution < 1.29 is 4.92 Å². The Hall–Kier alpha value is -1.39. The summed E-state index contributed by atoms with van der Waals surface area (Å²) in [6.45, 7) is 7.01. The zero-order valence-electron chi connectivity index (χ0n) is 11.4. The molecule has 1 aromatic carbocycles. The minimum absolute atomic E-state index is 0.0754. The Labute approximate surface area is 118 Å². The second kappa shape index (κ2) is 7.26. The van der Waals surface area contributed by atoms with Gasteiger partial charge in [0, 0.05) is 17.1 Å². The predicted molar refractivity (Wildman–Crippen MR) is 79.5 cm³/mol. The lowest BCUT2D eigenvalue weighted by Crippen LogP contribution is -2.27. The van der Waals surface area contributed by atoms with E-state index in [1.807, 2.05) is 19.9 Å². The third kappa shape index (κ3) is 4.65. The molecule has 0 aliphatic heterocycles. The van der Waals surface area contributed by atoms with Crippen molar-refractivity contribution in [1.82, 2.24) is 5.32 Å². The Kier molecular flexibility index (Phi) is 5.99. The van der Waals surface area contributed by atoms with Crippen molar-refractivity contribution in [3.05, 3.63) is 44.5 Å². The highest BCUT2D eigenvalue weighted by Crippen LogP contribution is 2.25. The van der Waals surface area contributed by atoms with Gasteiger partial charge in [-0.05, 0) is 45.0 Å². The molecule has 1 unspecified atom stereocenters. The summed E-state index contributed by atoms with van der Waals surface area (Å²) in [5.74, 6) is 0. The van der Waals surface area contributed by atoms with Crippen LogP contribution < -0.4 is 5.32 Å². The van der Waals surface area contributed by atoms with Gasteiger partial charge in [-0.15, -0.1) is 0 Å². The summed E-state index contributed by atoms with van der Waals surface area (Å²) in [7, 11) is 0. The SMILES string of the molecule is CCCNC(C)/C(C)=C/c1cc(Cl)ccc1[N+](=O)[O-]. The normalized spacial score (nSPS) is 13.4. The van der Waals surface area contributed by atoms with Gasteiger partial charge >= 0.3 is 0 Å². The average molecular weight is 283 g/mol. The molecule has 0 fully saturated rings. The largest absolute Gasteiger partial charge is 0.311 e. The summed E-state index contributed by atoms with van der Waals surface area (Å²) in [5, 5.41) is 14.8. The Morgan fingerprint density at radius 3 is 2.84 bits per heavy atom. The second-order valence-corrected chi connectivity index (χ2v) is 4.96. The zero-order chi connectivity index (χ0) is 14.4. The molecule has 0 aliphatic rings. The molecule has 0 spiro atoms. The number of nitrogens with zero attached hydrogens (tertiary/aromatic N) is 1. The van der Waals surface area contributed by atoms with E-state index in [0.29, 0.717) is 10.6 Å². The predicted octanol–water partition coefficient (Wildman–Crippen LogP) is 4.04. The molecule has 0 saturated heterocycles. The number of benzene rings is 1. The summed E-state index contributed by atoms with van der Waals surface area (Å²) in [5.41, 5.74) is 1.66. The number of nitrogens with one attached hydrogen (secondary N) is 1. The van der Waals surface area contributed by atoms with Crippen molar-refractivity contribution in [3.8, 4) is 0 Å². The van der Waals surface area contributed by atoms with Gasteiger partial charge < -0.3 is 5.32 Å². The third-order valence-corrected chi connectivity index (χ3v) is 3.19. The van der Waals surface area contributed by atoms with E-state index in [1.54, 1.807) is 6.07 Å². The van der Waals surface area contributed by atoms with E-state index in [0.717, 1.165) is 18.5 Å². The van der Waals surface area contributed by atoms with Crippen molar-refractivity contribution in [2.75, 3.05) is 6.54 Å². The zero-order valence-corrected chi connectivity index (χ0v) is 12.2. The maximum atomic E-state index is 11.0. The van der Waals surface area contributed by atoms with Gasteiger partial charge in [0.2, 0.25) is 0 Å². The molecule has 0 bridgehead atoms. The maximum Gasteiger partial charge on any atom is 0.276 e. The highest BCUT2D eigenvalue weighted by Gasteiger charge is 2.13. The van der Waals surface area contributed by atoms with Gasteiger partial charge in [0.25, 0.3) is 5.69 Å². The van der Waals surface area contributed by atoms with Gasteiger partial charge in [-0.25, -0.2) is 0 Å². The summed E-state index contributed by atoms with van der Waals surface area (Å²) >= 11 is 5.90. The van der Waals surface area contributed by atoms with E-state index in [9.17, 15) is 10.1 Å². The van der Waals surface area contributed by atoms with Crippen LogP contribution in [-0.4, -0.2) is 17.5 Å². The number of nitro benzene ring substituents is 1. The Balaban J connectivity index is 3.02. The molecule has 1 atom stereocenters. The molecule has 0 aromatic heterocycles. The minimum atomic E-state index is -0.389. The van der Waals surface area contributed by atoms with Crippen LogP contribution >= 0.6 is 11.6 Å².